The number of carbonyl (C=O) groups excluding carboxylic acids is 1. The quantitative estimate of drug-likeness (QED) is 0.307. The van der Waals surface area contributed by atoms with Gasteiger partial charge in [-0.25, -0.2) is 22.5 Å². The molecule has 14 heteroatoms. The van der Waals surface area contributed by atoms with Gasteiger partial charge in [0, 0.05) is 28.7 Å². The lowest BCUT2D eigenvalue weighted by Crippen LogP contribution is -2.43. The predicted octanol–water partition coefficient (Wildman–Crippen LogP) is 3.39. The summed E-state index contributed by atoms with van der Waals surface area (Å²) in [5, 5.41) is 15.8. The molecule has 1 unspecified atom stereocenters. The topological polar surface area (TPSA) is 119 Å². The summed E-state index contributed by atoms with van der Waals surface area (Å²) in [5.74, 6) is -1.47. The summed E-state index contributed by atoms with van der Waals surface area (Å²) in [7, 11) is -3.91. The average Bonchev–Trinajstić information content (AvgIpc) is 3.44. The molecule has 5 aromatic rings. The van der Waals surface area contributed by atoms with Crippen LogP contribution in [0.25, 0.3) is 27.6 Å². The highest BCUT2D eigenvalue weighted by atomic mass is 32.2. The molecule has 0 aliphatic rings. The predicted molar refractivity (Wildman–Crippen MR) is 133 cm³/mol. The standard InChI is InChI=1S/C25H19F4N5O4S/c1-39(37,38)32-22(35)14-33-13-20(19-3-2-10-30-23(19)33)24(36,25(27,28)29)16-4-9-21-15(11-16)12-31-34(21)18-7-5-17(26)6-8-18/h2-13,36H,14H2,1H3,(H,32,35). The van der Waals surface area contributed by atoms with Crippen molar-refractivity contribution in [3.8, 4) is 5.69 Å². The molecule has 202 valence electrons. The monoisotopic (exact) mass is 561 g/mol. The smallest absolute Gasteiger partial charge is 0.372 e. The van der Waals surface area contributed by atoms with Crippen molar-refractivity contribution in [2.45, 2.75) is 18.3 Å². The molecule has 39 heavy (non-hydrogen) atoms. The van der Waals surface area contributed by atoms with Crippen LogP contribution in [-0.2, 0) is 27.0 Å². The molecular formula is C25H19F4N5O4S. The van der Waals surface area contributed by atoms with E-state index in [0.29, 0.717) is 11.2 Å². The largest absolute Gasteiger partial charge is 0.425 e. The van der Waals surface area contributed by atoms with Crippen LogP contribution in [-0.4, -0.2) is 51.2 Å². The van der Waals surface area contributed by atoms with Gasteiger partial charge in [-0.3, -0.25) is 9.52 Å². The fourth-order valence-electron chi connectivity index (χ4n) is 4.44. The molecule has 3 aromatic heterocycles. The summed E-state index contributed by atoms with van der Waals surface area (Å²) in [4.78, 5) is 16.3. The first-order valence-corrected chi connectivity index (χ1v) is 13.2. The van der Waals surface area contributed by atoms with Crippen LogP contribution in [0.1, 0.15) is 11.1 Å². The number of amides is 1. The summed E-state index contributed by atoms with van der Waals surface area (Å²) >= 11 is 0. The zero-order valence-electron chi connectivity index (χ0n) is 20.0. The number of hydrogen-bond acceptors (Lipinski definition) is 6. The Bertz CT molecular complexity index is 1830. The van der Waals surface area contributed by atoms with Gasteiger partial charge in [0.05, 0.1) is 23.7 Å². The lowest BCUT2D eigenvalue weighted by molar-refractivity contribution is -0.247. The molecule has 0 spiro atoms. The Kier molecular flexibility index (Phi) is 6.18. The maximum absolute atomic E-state index is 14.7. The Morgan fingerprint density at radius 3 is 2.49 bits per heavy atom. The first kappa shape index (κ1) is 26.3. The van der Waals surface area contributed by atoms with Crippen LogP contribution in [0.5, 0.6) is 0 Å². The molecule has 0 fully saturated rings. The van der Waals surface area contributed by atoms with E-state index in [0.717, 1.165) is 29.2 Å². The molecular weight excluding hydrogens is 542 g/mol. The highest BCUT2D eigenvalue weighted by molar-refractivity contribution is 7.89. The summed E-state index contributed by atoms with van der Waals surface area (Å²) in [5.41, 5.74) is -3.84. The van der Waals surface area contributed by atoms with E-state index in [1.807, 2.05) is 0 Å². The number of hydrogen-bond donors (Lipinski definition) is 2. The van der Waals surface area contributed by atoms with Crippen LogP contribution in [0, 0.1) is 5.82 Å². The molecule has 0 aliphatic carbocycles. The van der Waals surface area contributed by atoms with Gasteiger partial charge >= 0.3 is 6.18 Å². The second-order valence-electron chi connectivity index (χ2n) is 8.86. The number of nitrogens with one attached hydrogen (secondary N) is 1. The number of rotatable bonds is 6. The summed E-state index contributed by atoms with van der Waals surface area (Å²) in [6.07, 6.45) is -0.922. The van der Waals surface area contributed by atoms with Gasteiger partial charge in [-0.2, -0.15) is 18.3 Å². The third-order valence-electron chi connectivity index (χ3n) is 6.10. The van der Waals surface area contributed by atoms with Gasteiger partial charge in [-0.05, 0) is 54.1 Å². The van der Waals surface area contributed by atoms with Crippen molar-refractivity contribution in [2.75, 3.05) is 6.26 Å². The second-order valence-corrected chi connectivity index (χ2v) is 10.6. The van der Waals surface area contributed by atoms with E-state index in [4.69, 9.17) is 0 Å². The van der Waals surface area contributed by atoms with E-state index in [2.05, 4.69) is 10.1 Å². The minimum absolute atomic E-state index is 0.0657. The third-order valence-corrected chi connectivity index (χ3v) is 6.70. The highest BCUT2D eigenvalue weighted by Crippen LogP contribution is 2.47. The Balaban J connectivity index is 1.65. The van der Waals surface area contributed by atoms with Gasteiger partial charge in [0.1, 0.15) is 18.0 Å². The Labute approximate surface area is 218 Å². The zero-order valence-corrected chi connectivity index (χ0v) is 20.8. The van der Waals surface area contributed by atoms with E-state index in [1.54, 1.807) is 4.72 Å². The van der Waals surface area contributed by atoms with Crippen LogP contribution < -0.4 is 4.72 Å². The first-order chi connectivity index (χ1) is 18.3. The molecule has 1 atom stereocenters. The van der Waals surface area contributed by atoms with E-state index >= 15 is 0 Å². The fraction of sp³-hybridized carbons (Fsp3) is 0.160. The Morgan fingerprint density at radius 2 is 1.82 bits per heavy atom. The van der Waals surface area contributed by atoms with Crippen molar-refractivity contribution in [3.05, 3.63) is 90.1 Å². The van der Waals surface area contributed by atoms with Gasteiger partial charge in [0.25, 0.3) is 5.91 Å². The normalized spacial score (nSPS) is 14.0. The molecule has 0 bridgehead atoms. The van der Waals surface area contributed by atoms with Crippen molar-refractivity contribution in [3.63, 3.8) is 0 Å². The number of nitrogens with zero attached hydrogens (tertiary/aromatic N) is 4. The van der Waals surface area contributed by atoms with E-state index in [1.165, 1.54) is 59.5 Å². The first-order valence-electron chi connectivity index (χ1n) is 11.3. The van der Waals surface area contributed by atoms with E-state index in [-0.39, 0.29) is 16.4 Å². The number of benzene rings is 2. The second kappa shape index (κ2) is 9.17. The number of halogens is 4. The molecule has 0 aliphatic heterocycles. The molecule has 5 rings (SSSR count). The van der Waals surface area contributed by atoms with Gasteiger partial charge < -0.3 is 9.67 Å². The summed E-state index contributed by atoms with van der Waals surface area (Å²) < 4.78 is 84.5. The van der Waals surface area contributed by atoms with Crippen molar-refractivity contribution in [2.24, 2.45) is 0 Å². The van der Waals surface area contributed by atoms with Gasteiger partial charge in [0.2, 0.25) is 15.6 Å². The molecule has 2 aromatic carbocycles. The van der Waals surface area contributed by atoms with E-state index in [9.17, 15) is 35.9 Å². The van der Waals surface area contributed by atoms with Crippen molar-refractivity contribution < 1.29 is 35.9 Å². The van der Waals surface area contributed by atoms with E-state index < -0.39 is 51.2 Å². The van der Waals surface area contributed by atoms with Gasteiger partial charge in [-0.15, -0.1) is 0 Å². The lowest BCUT2D eigenvalue weighted by Gasteiger charge is -2.31. The number of aromatic nitrogens is 4. The van der Waals surface area contributed by atoms with Gasteiger partial charge in [-0.1, -0.05) is 6.07 Å². The summed E-state index contributed by atoms with van der Waals surface area (Å²) in [6.45, 7) is -0.669. The Hall–Kier alpha value is -4.30. The van der Waals surface area contributed by atoms with Crippen LogP contribution in [0.3, 0.4) is 0 Å². The van der Waals surface area contributed by atoms with Crippen molar-refractivity contribution in [1.29, 1.82) is 0 Å². The maximum Gasteiger partial charge on any atom is 0.425 e. The minimum atomic E-state index is -5.22. The molecule has 3 heterocycles. The van der Waals surface area contributed by atoms with Crippen molar-refractivity contribution >= 4 is 37.9 Å². The molecule has 0 saturated heterocycles. The lowest BCUT2D eigenvalue weighted by atomic mass is 9.85. The molecule has 1 amide bonds. The molecule has 0 saturated carbocycles. The molecule has 0 radical (unpaired) electrons. The Morgan fingerprint density at radius 1 is 1.10 bits per heavy atom. The zero-order chi connectivity index (χ0) is 28.2. The number of carbonyl (C=O) groups is 1. The fourth-order valence-corrected chi connectivity index (χ4v) is 4.92. The minimum Gasteiger partial charge on any atom is -0.372 e. The molecule has 9 nitrogen and oxygen atoms in total. The molecule has 2 N–H and O–H groups in total. The average molecular weight is 562 g/mol. The van der Waals surface area contributed by atoms with Crippen LogP contribution in [0.2, 0.25) is 0 Å². The highest BCUT2D eigenvalue weighted by Gasteiger charge is 2.57. The van der Waals surface area contributed by atoms with Crippen LogP contribution in [0.15, 0.2) is 73.2 Å². The number of alkyl halides is 3. The third kappa shape index (κ3) is 4.72. The van der Waals surface area contributed by atoms with Crippen LogP contribution in [0.4, 0.5) is 17.6 Å². The number of sulfonamides is 1. The van der Waals surface area contributed by atoms with Crippen LogP contribution >= 0.6 is 0 Å². The number of pyridine rings is 1. The maximum atomic E-state index is 14.7. The number of fused-ring (bicyclic) bond motifs is 2. The number of aliphatic hydroxyl groups is 1. The van der Waals surface area contributed by atoms with Gasteiger partial charge in [0.15, 0.2) is 0 Å². The summed E-state index contributed by atoms with van der Waals surface area (Å²) in [6, 6.07) is 11.7. The SMILES string of the molecule is CS(=O)(=O)NC(=O)Cn1cc(C(O)(c2ccc3c(cnn3-c3ccc(F)cc3)c2)C(F)(F)F)c2cccnc21. The van der Waals surface area contributed by atoms with Crippen molar-refractivity contribution in [1.82, 2.24) is 24.1 Å².